The van der Waals surface area contributed by atoms with Crippen LogP contribution in [0.2, 0.25) is 0 Å². The van der Waals surface area contributed by atoms with E-state index in [4.69, 9.17) is 4.74 Å². The SMILES string of the molecule is CC(C)(C)C1(C(F)(F)F)CC1.CC(C)(C)CC1(C(F)(F)F)CC1.CC(C)(C)N1CCCCC1.CC(C)(C)N1CCCCC1.CC(C)CN(C)C.CC(C)CN1CCCC1.CC(C)CN1CCCCC1.CC(C)CN1CCCCC1.CC(C)CN1CCCCC1.CC(C)CN1CCN(C)CC1.CC(C)N1CCCC1.CC(C)N1CCOCC1.CCN(CC)CC(C)C. The van der Waals surface area contributed by atoms with Crippen molar-refractivity contribution in [2.75, 3.05) is 224 Å². The van der Waals surface area contributed by atoms with Crippen molar-refractivity contribution in [1.29, 1.82) is 0 Å². The molecule has 2 saturated carbocycles. The van der Waals surface area contributed by atoms with Crippen molar-refractivity contribution in [2.24, 2.45) is 63.1 Å². The molecule has 0 aromatic heterocycles. The monoisotopic (exact) mass is 1810 g/mol. The van der Waals surface area contributed by atoms with Crippen LogP contribution >= 0.6 is 0 Å². The Labute approximate surface area is 784 Å². The van der Waals surface area contributed by atoms with E-state index in [9.17, 15) is 26.3 Å². The van der Waals surface area contributed by atoms with E-state index in [2.05, 4.69) is 260 Å². The van der Waals surface area contributed by atoms with Gasteiger partial charge >= 0.3 is 12.4 Å². The Bertz CT molecular complexity index is 2300. The van der Waals surface area contributed by atoms with Crippen LogP contribution in [0.1, 0.15) is 376 Å². The van der Waals surface area contributed by atoms with Crippen LogP contribution in [0.3, 0.4) is 0 Å². The zero-order chi connectivity index (χ0) is 96.7. The highest BCUT2D eigenvalue weighted by atomic mass is 19.4. The van der Waals surface area contributed by atoms with Gasteiger partial charge in [0.25, 0.3) is 0 Å². The van der Waals surface area contributed by atoms with E-state index in [0.29, 0.717) is 42.8 Å². The summed E-state index contributed by atoms with van der Waals surface area (Å²) in [5.41, 5.74) is -2.75. The maximum atomic E-state index is 12.4. The Morgan fingerprint density at radius 3 is 0.722 bits per heavy atom. The van der Waals surface area contributed by atoms with Gasteiger partial charge in [-0.3, -0.25) is 14.7 Å². The third-order valence-corrected chi connectivity index (χ3v) is 25.8. The summed E-state index contributed by atoms with van der Waals surface area (Å²) in [6, 6.07) is 1.46. The predicted molar refractivity (Wildman–Crippen MR) is 543 cm³/mol. The summed E-state index contributed by atoms with van der Waals surface area (Å²) in [6.07, 6.45) is 20.6. The molecule has 0 aromatic rings. The molecule has 19 heteroatoms. The lowest BCUT2D eigenvalue weighted by Crippen LogP contribution is -2.45. The highest BCUT2D eigenvalue weighted by Crippen LogP contribution is 2.67. The summed E-state index contributed by atoms with van der Waals surface area (Å²) in [5.74, 6) is 5.82. The van der Waals surface area contributed by atoms with Crippen molar-refractivity contribution in [3.05, 3.63) is 0 Å². The summed E-state index contributed by atoms with van der Waals surface area (Å²) in [4.78, 5) is 30.1. The quantitative estimate of drug-likeness (QED) is 0.116. The number of hydrogen-bond acceptors (Lipinski definition) is 13. The van der Waals surface area contributed by atoms with Gasteiger partial charge in [-0.05, 0) is 376 Å². The fraction of sp³-hybridized carbons (Fsp3) is 1.00. The van der Waals surface area contributed by atoms with Crippen LogP contribution in [0.4, 0.5) is 26.3 Å². The van der Waals surface area contributed by atoms with Crippen LogP contribution in [-0.4, -0.2) is 318 Å². The van der Waals surface area contributed by atoms with Crippen LogP contribution in [0.15, 0.2) is 0 Å². The molecule has 13 nitrogen and oxygen atoms in total. The molecule has 11 fully saturated rings. The zero-order valence-electron chi connectivity index (χ0n) is 91.1. The normalized spacial score (nSPS) is 21.1. The molecule has 0 spiro atoms. The average Bonchev–Trinajstić information content (AvgIpc) is 1.56. The van der Waals surface area contributed by atoms with Gasteiger partial charge in [0.2, 0.25) is 0 Å². The Morgan fingerprint density at radius 2 is 0.571 bits per heavy atom. The van der Waals surface area contributed by atoms with E-state index in [1.54, 1.807) is 20.8 Å². The first-order valence-corrected chi connectivity index (χ1v) is 52.7. The van der Waals surface area contributed by atoms with E-state index in [1.165, 1.54) is 299 Å². The number of hydrogen-bond donors (Lipinski definition) is 0. The fourth-order valence-corrected chi connectivity index (χ4v) is 18.5. The molecular formula is C107H224F6N12O. The first-order valence-electron chi connectivity index (χ1n) is 52.7. The van der Waals surface area contributed by atoms with Gasteiger partial charge in [-0.25, -0.2) is 0 Å². The highest BCUT2D eigenvalue weighted by molar-refractivity contribution is 5.06. The number of likely N-dealkylation sites (tertiary alicyclic amines) is 7. The van der Waals surface area contributed by atoms with Crippen LogP contribution in [0, 0.1) is 63.1 Å². The molecule has 0 atom stereocenters. The average molecular weight is 1810 g/mol. The van der Waals surface area contributed by atoms with E-state index >= 15 is 0 Å². The van der Waals surface area contributed by atoms with Crippen molar-refractivity contribution in [2.45, 2.75) is 411 Å². The lowest BCUT2D eigenvalue weighted by molar-refractivity contribution is -0.215. The van der Waals surface area contributed by atoms with Crippen LogP contribution < -0.4 is 0 Å². The maximum Gasteiger partial charge on any atom is 0.395 e. The lowest BCUT2D eigenvalue weighted by Gasteiger charge is -2.38. The van der Waals surface area contributed by atoms with Gasteiger partial charge in [-0.2, -0.15) is 26.3 Å². The van der Waals surface area contributed by atoms with E-state index in [1.807, 2.05) is 20.8 Å². The second-order valence-electron chi connectivity index (χ2n) is 47.6. The summed E-state index contributed by atoms with van der Waals surface area (Å²) in [7, 11) is 6.40. The Morgan fingerprint density at radius 1 is 0.310 bits per heavy atom. The van der Waals surface area contributed by atoms with Crippen molar-refractivity contribution in [3.63, 3.8) is 0 Å². The lowest BCUT2D eigenvalue weighted by atomic mass is 9.77. The molecule has 0 N–H and O–H groups in total. The molecule has 11 aliphatic rings. The molecule has 11 rings (SSSR count). The van der Waals surface area contributed by atoms with Gasteiger partial charge in [0.1, 0.15) is 0 Å². The molecule has 0 amide bonds. The number of morpholine rings is 1. The molecule has 0 unspecified atom stereocenters. The van der Waals surface area contributed by atoms with Gasteiger partial charge in [-0.1, -0.05) is 184 Å². The fourth-order valence-electron chi connectivity index (χ4n) is 18.5. The minimum atomic E-state index is -4.01. The van der Waals surface area contributed by atoms with Gasteiger partial charge in [0.05, 0.1) is 24.0 Å². The number of halogens is 6. The zero-order valence-corrected chi connectivity index (χ0v) is 91.1. The van der Waals surface area contributed by atoms with Crippen molar-refractivity contribution in [3.8, 4) is 0 Å². The van der Waals surface area contributed by atoms with Crippen LogP contribution in [0.5, 0.6) is 0 Å². The number of likely N-dealkylation sites (N-methyl/N-ethyl adjacent to an activating group) is 1. The Hall–Kier alpha value is -0.940. The van der Waals surface area contributed by atoms with Gasteiger partial charge in [0, 0.05) is 102 Å². The summed E-state index contributed by atoms with van der Waals surface area (Å²) in [5, 5.41) is 0. The maximum absolute atomic E-state index is 12.4. The number of rotatable bonds is 19. The molecule has 9 aliphatic heterocycles. The molecule has 760 valence electrons. The molecular weight excluding hydrogens is 1580 g/mol. The Kier molecular flexibility index (Phi) is 68.7. The Balaban J connectivity index is 0. The number of ether oxygens (including phenoxy) is 1. The number of nitrogens with zero attached hydrogens (tertiary/aromatic N) is 12. The van der Waals surface area contributed by atoms with Crippen molar-refractivity contribution >= 4 is 0 Å². The standard InChI is InChI=1S/C9H15F3.C9H20N2.5C9H19N.C8H13F3.C8H17N.C8H19N.C7H15NO.C7H15N.C6H15N/c1-7(2,3)6-8(4-5-8)9(10,11)12;1-9(2)8-11-6-4-10(3)5-7-11;2*1-9(2,3)10-7-5-4-6-8-10;3*1-9(2)8-10-6-4-3-5-7-10;1-6(2,3)7(4-5-7)8(9,10)11;1-8(2)7-9-5-3-4-6-9;1-5-9(6-2)7-8(3)4;1-7(2)8-3-5-9-6-4-8;1-7(2)8-5-3-4-6-8;1-6(2)5-7(3)4/h4-6H2,1-3H3;9H,4-8H2,1-3H3;2*4-8H2,1-3H3;3*9H,3-8H2,1-2H3;4-5H2,1-3H3;8H,3-7H2,1-2H3;8H,5-7H2,1-4H3;7H,3-6H2,1-2H3;7H,3-6H2,1-2H3;6H,5H2,1-4H3. The molecule has 9 saturated heterocycles. The number of piperidine rings is 5. The molecule has 0 bridgehead atoms. The second kappa shape index (κ2) is 68.1. The summed E-state index contributed by atoms with van der Waals surface area (Å²) in [6.45, 7) is 109. The van der Waals surface area contributed by atoms with E-state index < -0.39 is 28.6 Å². The van der Waals surface area contributed by atoms with E-state index in [0.717, 1.165) is 73.8 Å². The summed E-state index contributed by atoms with van der Waals surface area (Å²) < 4.78 is 79.7. The van der Waals surface area contributed by atoms with E-state index in [-0.39, 0.29) is 11.8 Å². The summed E-state index contributed by atoms with van der Waals surface area (Å²) >= 11 is 0. The smallest absolute Gasteiger partial charge is 0.379 e. The molecule has 2 aliphatic carbocycles. The molecule has 9 heterocycles. The molecule has 0 radical (unpaired) electrons. The van der Waals surface area contributed by atoms with Crippen molar-refractivity contribution in [1.82, 2.24) is 58.8 Å². The van der Waals surface area contributed by atoms with Crippen molar-refractivity contribution < 1.29 is 31.1 Å². The molecule has 126 heavy (non-hydrogen) atoms. The number of alkyl halides is 6. The topological polar surface area (TPSA) is 48.1 Å². The minimum absolute atomic E-state index is 0.216. The third-order valence-electron chi connectivity index (χ3n) is 25.8. The largest absolute Gasteiger partial charge is 0.395 e. The number of piperazine rings is 1. The molecule has 0 aromatic carbocycles. The van der Waals surface area contributed by atoms with Crippen LogP contribution in [-0.2, 0) is 4.74 Å². The van der Waals surface area contributed by atoms with Crippen LogP contribution in [0.25, 0.3) is 0 Å². The second-order valence-corrected chi connectivity index (χ2v) is 47.6. The highest BCUT2D eigenvalue weighted by Gasteiger charge is 2.68. The van der Waals surface area contributed by atoms with Gasteiger partial charge in [0.15, 0.2) is 0 Å². The first-order chi connectivity index (χ1) is 58.4. The van der Waals surface area contributed by atoms with Gasteiger partial charge in [-0.15, -0.1) is 0 Å². The first kappa shape index (κ1) is 127. The minimum Gasteiger partial charge on any atom is -0.379 e. The van der Waals surface area contributed by atoms with Gasteiger partial charge < -0.3 is 48.8 Å². The predicted octanol–water partition coefficient (Wildman–Crippen LogP) is 26.1. The third kappa shape index (κ3) is 66.5.